The van der Waals surface area contributed by atoms with Crippen molar-refractivity contribution in [3.05, 3.63) is 48.3 Å². The van der Waals surface area contributed by atoms with Crippen molar-refractivity contribution in [3.8, 4) is 6.01 Å². The second kappa shape index (κ2) is 8.99. The number of nitrogens with zero attached hydrogens (tertiary/aromatic N) is 3. The molecule has 0 saturated carbocycles. The number of ether oxygens (including phenoxy) is 1. The molecule has 11 heteroatoms. The summed E-state index contributed by atoms with van der Waals surface area (Å²) in [6, 6.07) is 8.20. The molecule has 30 heavy (non-hydrogen) atoms. The molecule has 162 valence electrons. The van der Waals surface area contributed by atoms with Crippen molar-refractivity contribution < 1.29 is 31.1 Å². The number of alkyl halides is 3. The van der Waals surface area contributed by atoms with Crippen molar-refractivity contribution in [1.29, 1.82) is 0 Å². The van der Waals surface area contributed by atoms with Crippen molar-refractivity contribution >= 4 is 15.7 Å². The van der Waals surface area contributed by atoms with Crippen LogP contribution in [-0.2, 0) is 20.8 Å². The Morgan fingerprint density at radius 3 is 2.63 bits per heavy atom. The molecular weight excluding hydrogens is 423 g/mol. The van der Waals surface area contributed by atoms with E-state index in [1.54, 1.807) is 18.2 Å². The number of halogens is 3. The number of rotatable bonds is 6. The highest BCUT2D eigenvalue weighted by molar-refractivity contribution is 7.91. The minimum absolute atomic E-state index is 0.129. The number of hydrogen-bond acceptors (Lipinski definition) is 6. The van der Waals surface area contributed by atoms with Gasteiger partial charge in [-0.3, -0.25) is 4.79 Å². The highest BCUT2D eigenvalue weighted by Gasteiger charge is 2.33. The number of hydrogen-bond donors (Lipinski definition) is 0. The second-order valence-electron chi connectivity index (χ2n) is 6.83. The first-order valence-electron chi connectivity index (χ1n) is 9.27. The lowest BCUT2D eigenvalue weighted by molar-refractivity contribution is -0.141. The smallest absolute Gasteiger partial charge is 0.433 e. The Kier molecular flexibility index (Phi) is 6.59. The fourth-order valence-electron chi connectivity index (χ4n) is 3.09. The summed E-state index contributed by atoms with van der Waals surface area (Å²) in [6.07, 6.45) is -3.32. The second-order valence-corrected chi connectivity index (χ2v) is 8.94. The molecular formula is C19H20F3N3O4S. The molecule has 1 amide bonds. The molecule has 1 aromatic heterocycles. The van der Waals surface area contributed by atoms with Crippen LogP contribution in [0.15, 0.2) is 47.5 Å². The Hall–Kier alpha value is -2.69. The average Bonchev–Trinajstić information content (AvgIpc) is 2.72. The van der Waals surface area contributed by atoms with Crippen LogP contribution in [0.1, 0.15) is 25.0 Å². The molecule has 0 radical (unpaired) electrons. The number of carbonyl (C=O) groups is 1. The van der Waals surface area contributed by atoms with E-state index < -0.39 is 33.8 Å². The Morgan fingerprint density at radius 1 is 1.20 bits per heavy atom. The van der Waals surface area contributed by atoms with Crippen LogP contribution in [0.2, 0.25) is 0 Å². The van der Waals surface area contributed by atoms with E-state index in [4.69, 9.17) is 4.74 Å². The van der Waals surface area contributed by atoms with Crippen LogP contribution in [0, 0.1) is 0 Å². The first-order valence-corrected chi connectivity index (χ1v) is 10.9. The minimum atomic E-state index is -4.61. The van der Waals surface area contributed by atoms with E-state index in [0.29, 0.717) is 19.4 Å². The lowest BCUT2D eigenvalue weighted by Crippen LogP contribution is -2.45. The molecule has 0 spiro atoms. The summed E-state index contributed by atoms with van der Waals surface area (Å²) in [5.74, 6) is -0.679. The maximum atomic E-state index is 12.8. The number of sulfone groups is 1. The molecule has 3 rings (SSSR count). The van der Waals surface area contributed by atoms with Crippen LogP contribution in [0.3, 0.4) is 0 Å². The third-order valence-corrected chi connectivity index (χ3v) is 6.35. The molecule has 2 heterocycles. The van der Waals surface area contributed by atoms with Gasteiger partial charge in [0.2, 0.25) is 5.91 Å². The van der Waals surface area contributed by atoms with Gasteiger partial charge in [0.15, 0.2) is 15.5 Å². The number of piperidine rings is 1. The van der Waals surface area contributed by atoms with E-state index in [1.165, 1.54) is 17.0 Å². The number of amides is 1. The standard InChI is InChI=1S/C19H20F3N3O4S/c20-19(21,22)16-8-10-23-18(24-16)29-14-5-4-11-25(13-14)17(26)9-12-30(27,28)15-6-2-1-3-7-15/h1-3,6-8,10,14H,4-5,9,11-13H2. The van der Waals surface area contributed by atoms with Crippen molar-refractivity contribution in [2.75, 3.05) is 18.8 Å². The topological polar surface area (TPSA) is 89.5 Å². The molecule has 0 N–H and O–H groups in total. The highest BCUT2D eigenvalue weighted by atomic mass is 32.2. The first-order chi connectivity index (χ1) is 14.1. The van der Waals surface area contributed by atoms with Crippen molar-refractivity contribution in [2.45, 2.75) is 36.4 Å². The van der Waals surface area contributed by atoms with Crippen LogP contribution in [0.25, 0.3) is 0 Å². The fraction of sp³-hybridized carbons (Fsp3) is 0.421. The normalized spacial score (nSPS) is 17.6. The van der Waals surface area contributed by atoms with Gasteiger partial charge in [0.05, 0.1) is 17.2 Å². The summed E-state index contributed by atoms with van der Waals surface area (Å²) >= 11 is 0. The number of aromatic nitrogens is 2. The Labute approximate surface area is 171 Å². The quantitative estimate of drug-likeness (QED) is 0.682. The van der Waals surface area contributed by atoms with Crippen LogP contribution in [-0.4, -0.2) is 54.1 Å². The number of likely N-dealkylation sites (tertiary alicyclic amines) is 1. The molecule has 0 bridgehead atoms. The summed E-state index contributed by atoms with van der Waals surface area (Å²) in [4.78, 5) is 21.2. The molecule has 1 aliphatic rings. The Balaban J connectivity index is 1.57. The van der Waals surface area contributed by atoms with Gasteiger partial charge in [-0.25, -0.2) is 13.4 Å². The summed E-state index contributed by atoms with van der Waals surface area (Å²) in [5, 5.41) is 0. The van der Waals surface area contributed by atoms with Crippen LogP contribution < -0.4 is 4.74 Å². The monoisotopic (exact) mass is 443 g/mol. The van der Waals surface area contributed by atoms with Gasteiger partial charge in [0, 0.05) is 19.2 Å². The molecule has 1 aromatic carbocycles. The minimum Gasteiger partial charge on any atom is -0.458 e. The average molecular weight is 443 g/mol. The van der Waals surface area contributed by atoms with Gasteiger partial charge in [0.25, 0.3) is 0 Å². The molecule has 0 aliphatic carbocycles. The summed E-state index contributed by atoms with van der Waals surface area (Å²) in [7, 11) is -3.58. The van der Waals surface area contributed by atoms with Gasteiger partial charge >= 0.3 is 12.2 Å². The van der Waals surface area contributed by atoms with Gasteiger partial charge in [-0.05, 0) is 31.0 Å². The van der Waals surface area contributed by atoms with E-state index in [0.717, 1.165) is 12.3 Å². The molecule has 1 fully saturated rings. The van der Waals surface area contributed by atoms with E-state index in [-0.39, 0.29) is 29.5 Å². The maximum absolute atomic E-state index is 12.8. The molecule has 7 nitrogen and oxygen atoms in total. The Bertz CT molecular complexity index is 984. The summed E-state index contributed by atoms with van der Waals surface area (Å²) in [5.41, 5.74) is -1.11. The predicted octanol–water partition coefficient (Wildman–Crippen LogP) is 2.73. The van der Waals surface area contributed by atoms with E-state index in [2.05, 4.69) is 9.97 Å². The predicted molar refractivity (Wildman–Crippen MR) is 100 cm³/mol. The molecule has 1 saturated heterocycles. The van der Waals surface area contributed by atoms with Gasteiger partial charge < -0.3 is 9.64 Å². The zero-order chi connectivity index (χ0) is 21.8. The maximum Gasteiger partial charge on any atom is 0.433 e. The highest BCUT2D eigenvalue weighted by Crippen LogP contribution is 2.28. The van der Waals surface area contributed by atoms with E-state index >= 15 is 0 Å². The third-order valence-electron chi connectivity index (χ3n) is 4.61. The van der Waals surface area contributed by atoms with Crippen molar-refractivity contribution in [2.24, 2.45) is 0 Å². The van der Waals surface area contributed by atoms with Gasteiger partial charge in [-0.2, -0.15) is 18.2 Å². The fourth-order valence-corrected chi connectivity index (χ4v) is 4.34. The van der Waals surface area contributed by atoms with E-state index in [1.807, 2.05) is 0 Å². The number of benzene rings is 1. The van der Waals surface area contributed by atoms with Gasteiger partial charge in [-0.1, -0.05) is 18.2 Å². The molecule has 1 aliphatic heterocycles. The van der Waals surface area contributed by atoms with Crippen molar-refractivity contribution in [3.63, 3.8) is 0 Å². The molecule has 1 atom stereocenters. The largest absolute Gasteiger partial charge is 0.458 e. The van der Waals surface area contributed by atoms with Gasteiger partial charge in [-0.15, -0.1) is 0 Å². The van der Waals surface area contributed by atoms with Crippen LogP contribution in [0.4, 0.5) is 13.2 Å². The SMILES string of the molecule is O=C(CCS(=O)(=O)c1ccccc1)N1CCCC(Oc2nccc(C(F)(F)F)n2)C1. The number of carbonyl (C=O) groups excluding carboxylic acids is 1. The van der Waals surface area contributed by atoms with Crippen molar-refractivity contribution in [1.82, 2.24) is 14.9 Å². The zero-order valence-electron chi connectivity index (χ0n) is 15.9. The van der Waals surface area contributed by atoms with Crippen LogP contribution >= 0.6 is 0 Å². The van der Waals surface area contributed by atoms with Gasteiger partial charge in [0.1, 0.15) is 6.10 Å². The van der Waals surface area contributed by atoms with Crippen LogP contribution in [0.5, 0.6) is 6.01 Å². The van der Waals surface area contributed by atoms with E-state index in [9.17, 15) is 26.4 Å². The molecule has 2 aromatic rings. The third kappa shape index (κ3) is 5.68. The summed E-state index contributed by atoms with van der Waals surface area (Å²) < 4.78 is 68.4. The lowest BCUT2D eigenvalue weighted by Gasteiger charge is -2.32. The Morgan fingerprint density at radius 2 is 1.93 bits per heavy atom. The first kappa shape index (κ1) is 22.0. The lowest BCUT2D eigenvalue weighted by atomic mass is 10.1. The zero-order valence-corrected chi connectivity index (χ0v) is 16.7. The molecule has 1 unspecified atom stereocenters. The summed E-state index contributed by atoms with van der Waals surface area (Å²) in [6.45, 7) is 0.553.